The van der Waals surface area contributed by atoms with Gasteiger partial charge in [-0.15, -0.1) is 0 Å². The number of rotatable bonds is 3. The molecule has 94 valence electrons. The summed E-state index contributed by atoms with van der Waals surface area (Å²) in [5.41, 5.74) is 11.7. The van der Waals surface area contributed by atoms with Gasteiger partial charge in [0.1, 0.15) is 5.75 Å². The zero-order chi connectivity index (χ0) is 13.1. The lowest BCUT2D eigenvalue weighted by molar-refractivity contribution is 0.416. The minimum absolute atomic E-state index is 0.544. The molecule has 0 aliphatic carbocycles. The van der Waals surface area contributed by atoms with Gasteiger partial charge in [-0.25, -0.2) is 0 Å². The van der Waals surface area contributed by atoms with E-state index in [1.807, 2.05) is 12.1 Å². The first-order chi connectivity index (χ1) is 8.65. The van der Waals surface area contributed by atoms with Gasteiger partial charge in [0, 0.05) is 12.1 Å². The lowest BCUT2D eigenvalue weighted by atomic mass is 9.96. The van der Waals surface area contributed by atoms with Crippen LogP contribution in [0.3, 0.4) is 0 Å². The highest BCUT2D eigenvalue weighted by atomic mass is 16.5. The molecular formula is C16H19NO. The molecule has 0 saturated carbocycles. The second kappa shape index (κ2) is 5.23. The Balaban J connectivity index is 2.60. The first kappa shape index (κ1) is 12.7. The molecule has 0 aromatic heterocycles. The van der Waals surface area contributed by atoms with Crippen LogP contribution in [0.25, 0.3) is 11.1 Å². The van der Waals surface area contributed by atoms with Crippen LogP contribution in [0.5, 0.6) is 5.75 Å². The van der Waals surface area contributed by atoms with Crippen molar-refractivity contribution in [2.45, 2.75) is 20.4 Å². The molecule has 2 rings (SSSR count). The smallest absolute Gasteiger partial charge is 0.126 e. The monoisotopic (exact) mass is 241 g/mol. The molecule has 2 N–H and O–H groups in total. The van der Waals surface area contributed by atoms with Crippen LogP contribution in [0.4, 0.5) is 0 Å². The van der Waals surface area contributed by atoms with Gasteiger partial charge in [-0.3, -0.25) is 0 Å². The zero-order valence-electron chi connectivity index (χ0n) is 11.2. The summed E-state index contributed by atoms with van der Waals surface area (Å²) in [5, 5.41) is 0. The summed E-state index contributed by atoms with van der Waals surface area (Å²) >= 11 is 0. The van der Waals surface area contributed by atoms with Crippen molar-refractivity contribution in [2.75, 3.05) is 7.11 Å². The van der Waals surface area contributed by atoms with Crippen molar-refractivity contribution in [2.24, 2.45) is 5.73 Å². The molecule has 2 aromatic carbocycles. The van der Waals surface area contributed by atoms with E-state index in [1.165, 1.54) is 16.7 Å². The highest BCUT2D eigenvalue weighted by Gasteiger charge is 2.09. The summed E-state index contributed by atoms with van der Waals surface area (Å²) < 4.78 is 5.44. The molecule has 0 heterocycles. The fourth-order valence-electron chi connectivity index (χ4n) is 2.21. The Hall–Kier alpha value is -1.80. The highest BCUT2D eigenvalue weighted by Crippen LogP contribution is 2.33. The molecule has 0 atom stereocenters. The minimum atomic E-state index is 0.544. The van der Waals surface area contributed by atoms with Crippen molar-refractivity contribution >= 4 is 0 Å². The Bertz CT molecular complexity index is 561. The molecule has 18 heavy (non-hydrogen) atoms. The normalized spacial score (nSPS) is 10.4. The molecule has 0 spiro atoms. The van der Waals surface area contributed by atoms with E-state index < -0.39 is 0 Å². The van der Waals surface area contributed by atoms with E-state index in [0.717, 1.165) is 16.9 Å². The Morgan fingerprint density at radius 2 is 1.78 bits per heavy atom. The molecule has 2 heteroatoms. The van der Waals surface area contributed by atoms with E-state index in [-0.39, 0.29) is 0 Å². The van der Waals surface area contributed by atoms with Crippen LogP contribution in [0.2, 0.25) is 0 Å². The van der Waals surface area contributed by atoms with Crippen molar-refractivity contribution in [3.63, 3.8) is 0 Å². The zero-order valence-corrected chi connectivity index (χ0v) is 11.2. The summed E-state index contributed by atoms with van der Waals surface area (Å²) in [5.74, 6) is 0.888. The molecule has 0 aliphatic rings. The van der Waals surface area contributed by atoms with Gasteiger partial charge < -0.3 is 10.5 Å². The highest BCUT2D eigenvalue weighted by molar-refractivity contribution is 5.74. The van der Waals surface area contributed by atoms with Crippen LogP contribution in [0.15, 0.2) is 36.4 Å². The van der Waals surface area contributed by atoms with Crippen LogP contribution in [-0.4, -0.2) is 7.11 Å². The molecule has 2 nitrogen and oxygen atoms in total. The van der Waals surface area contributed by atoms with E-state index >= 15 is 0 Å². The van der Waals surface area contributed by atoms with Crippen molar-refractivity contribution in [1.82, 2.24) is 0 Å². The second-order valence-electron chi connectivity index (χ2n) is 4.56. The number of aryl methyl sites for hydroxylation is 2. The predicted molar refractivity (Wildman–Crippen MR) is 75.8 cm³/mol. The molecule has 0 aliphatic heterocycles. The second-order valence-corrected chi connectivity index (χ2v) is 4.56. The summed E-state index contributed by atoms with van der Waals surface area (Å²) in [6, 6.07) is 12.5. The number of hydrogen-bond donors (Lipinski definition) is 1. The number of benzene rings is 2. The summed E-state index contributed by atoms with van der Waals surface area (Å²) in [6.07, 6.45) is 0. The Morgan fingerprint density at radius 1 is 1.00 bits per heavy atom. The lowest BCUT2D eigenvalue weighted by Crippen LogP contribution is -1.98. The predicted octanol–water partition coefficient (Wildman–Crippen LogP) is 3.44. The molecule has 0 radical (unpaired) electrons. The van der Waals surface area contributed by atoms with E-state index in [9.17, 15) is 0 Å². The third-order valence-corrected chi connectivity index (χ3v) is 3.17. The fourth-order valence-corrected chi connectivity index (χ4v) is 2.21. The topological polar surface area (TPSA) is 35.2 Å². The van der Waals surface area contributed by atoms with Crippen molar-refractivity contribution in [3.8, 4) is 16.9 Å². The van der Waals surface area contributed by atoms with Gasteiger partial charge >= 0.3 is 0 Å². The first-order valence-electron chi connectivity index (χ1n) is 6.10. The Morgan fingerprint density at radius 3 is 2.39 bits per heavy atom. The molecular weight excluding hydrogens is 222 g/mol. The van der Waals surface area contributed by atoms with Crippen molar-refractivity contribution < 1.29 is 4.74 Å². The SMILES string of the molecule is COc1ccc(CN)cc1-c1ccc(C)cc1C. The van der Waals surface area contributed by atoms with Crippen molar-refractivity contribution in [3.05, 3.63) is 53.1 Å². The summed E-state index contributed by atoms with van der Waals surface area (Å²) in [4.78, 5) is 0. The van der Waals surface area contributed by atoms with Crippen LogP contribution >= 0.6 is 0 Å². The van der Waals surface area contributed by atoms with Crippen LogP contribution in [0, 0.1) is 13.8 Å². The van der Waals surface area contributed by atoms with E-state index in [4.69, 9.17) is 10.5 Å². The summed E-state index contributed by atoms with van der Waals surface area (Å²) in [6.45, 7) is 4.77. The molecule has 2 aromatic rings. The van der Waals surface area contributed by atoms with Crippen molar-refractivity contribution in [1.29, 1.82) is 0 Å². The van der Waals surface area contributed by atoms with Gasteiger partial charge in [-0.2, -0.15) is 0 Å². The molecule has 0 fully saturated rings. The van der Waals surface area contributed by atoms with Crippen LogP contribution in [-0.2, 0) is 6.54 Å². The molecule has 0 saturated heterocycles. The van der Waals surface area contributed by atoms with Gasteiger partial charge in [0.05, 0.1) is 7.11 Å². The largest absolute Gasteiger partial charge is 0.496 e. The average molecular weight is 241 g/mol. The Labute approximate surface area is 108 Å². The van der Waals surface area contributed by atoms with Gasteiger partial charge in [-0.05, 0) is 42.7 Å². The van der Waals surface area contributed by atoms with Gasteiger partial charge in [0.2, 0.25) is 0 Å². The molecule has 0 unspecified atom stereocenters. The average Bonchev–Trinajstić information content (AvgIpc) is 2.38. The minimum Gasteiger partial charge on any atom is -0.496 e. The standard InChI is InChI=1S/C16H19NO/c1-11-4-6-14(12(2)8-11)15-9-13(10-17)5-7-16(15)18-3/h4-9H,10,17H2,1-3H3. The van der Waals surface area contributed by atoms with Crippen LogP contribution in [0.1, 0.15) is 16.7 Å². The lowest BCUT2D eigenvalue weighted by Gasteiger charge is -2.13. The molecule has 0 bridgehead atoms. The van der Waals surface area contributed by atoms with Gasteiger partial charge in [-0.1, -0.05) is 29.8 Å². The maximum absolute atomic E-state index is 5.71. The number of ether oxygens (including phenoxy) is 1. The summed E-state index contributed by atoms with van der Waals surface area (Å²) in [7, 11) is 1.70. The van der Waals surface area contributed by atoms with E-state index in [1.54, 1.807) is 7.11 Å². The maximum Gasteiger partial charge on any atom is 0.126 e. The maximum atomic E-state index is 5.71. The van der Waals surface area contributed by atoms with Gasteiger partial charge in [0.25, 0.3) is 0 Å². The van der Waals surface area contributed by atoms with E-state index in [2.05, 4.69) is 38.1 Å². The van der Waals surface area contributed by atoms with Crippen LogP contribution < -0.4 is 10.5 Å². The first-order valence-corrected chi connectivity index (χ1v) is 6.10. The third-order valence-electron chi connectivity index (χ3n) is 3.17. The number of hydrogen-bond acceptors (Lipinski definition) is 2. The number of nitrogens with two attached hydrogens (primary N) is 1. The third kappa shape index (κ3) is 2.39. The fraction of sp³-hybridized carbons (Fsp3) is 0.250. The molecule has 0 amide bonds. The quantitative estimate of drug-likeness (QED) is 0.893. The van der Waals surface area contributed by atoms with E-state index in [0.29, 0.717) is 6.54 Å². The Kier molecular flexibility index (Phi) is 3.68. The van der Waals surface area contributed by atoms with Gasteiger partial charge in [0.15, 0.2) is 0 Å². The number of methoxy groups -OCH3 is 1.